The van der Waals surface area contributed by atoms with E-state index in [4.69, 9.17) is 5.73 Å². The van der Waals surface area contributed by atoms with Crippen LogP contribution in [0.3, 0.4) is 0 Å². The van der Waals surface area contributed by atoms with E-state index in [-0.39, 0.29) is 5.54 Å². The zero-order valence-electron chi connectivity index (χ0n) is 12.6. The molecule has 2 aliphatic carbocycles. The van der Waals surface area contributed by atoms with Crippen molar-refractivity contribution >= 4 is 0 Å². The van der Waals surface area contributed by atoms with Crippen LogP contribution in [0.5, 0.6) is 0 Å². The van der Waals surface area contributed by atoms with Crippen LogP contribution < -0.4 is 5.73 Å². The van der Waals surface area contributed by atoms with Crippen molar-refractivity contribution in [3.63, 3.8) is 0 Å². The van der Waals surface area contributed by atoms with Crippen molar-refractivity contribution in [2.45, 2.75) is 90.0 Å². The highest BCUT2D eigenvalue weighted by atomic mass is 14.8. The maximum absolute atomic E-state index is 6.81. The number of rotatable bonds is 4. The van der Waals surface area contributed by atoms with E-state index in [1.807, 2.05) is 0 Å². The predicted octanol–water partition coefficient (Wildman–Crippen LogP) is 4.89. The zero-order chi connectivity index (χ0) is 13.0. The van der Waals surface area contributed by atoms with Crippen LogP contribution in [0.15, 0.2) is 0 Å². The molecule has 1 nitrogen and oxygen atoms in total. The Balaban J connectivity index is 1.88. The molecule has 2 atom stereocenters. The lowest BCUT2D eigenvalue weighted by molar-refractivity contribution is 0.104. The molecule has 0 bridgehead atoms. The van der Waals surface area contributed by atoms with Gasteiger partial charge >= 0.3 is 0 Å². The van der Waals surface area contributed by atoms with E-state index in [0.29, 0.717) is 0 Å². The molecule has 0 aromatic heterocycles. The van der Waals surface area contributed by atoms with Gasteiger partial charge in [0.25, 0.3) is 0 Å². The average Bonchev–Trinajstić information content (AvgIpc) is 2.42. The van der Waals surface area contributed by atoms with Crippen molar-refractivity contribution in [2.75, 3.05) is 0 Å². The highest BCUT2D eigenvalue weighted by Gasteiger charge is 2.40. The molecule has 2 fully saturated rings. The molecule has 2 aliphatic rings. The minimum Gasteiger partial charge on any atom is -0.325 e. The molecule has 2 unspecified atom stereocenters. The quantitative estimate of drug-likeness (QED) is 0.756. The van der Waals surface area contributed by atoms with Crippen molar-refractivity contribution < 1.29 is 0 Å². The minimum absolute atomic E-state index is 0.206. The van der Waals surface area contributed by atoms with Gasteiger partial charge in [0.2, 0.25) is 0 Å². The Bertz CT molecular complexity index is 240. The van der Waals surface area contributed by atoms with Gasteiger partial charge in [0.05, 0.1) is 0 Å². The maximum atomic E-state index is 6.81. The molecular formula is C17H33N. The molecule has 0 aromatic rings. The van der Waals surface area contributed by atoms with Crippen LogP contribution >= 0.6 is 0 Å². The predicted molar refractivity (Wildman–Crippen MR) is 79.5 cm³/mol. The molecule has 0 amide bonds. The van der Waals surface area contributed by atoms with Crippen LogP contribution in [-0.2, 0) is 0 Å². The van der Waals surface area contributed by atoms with Crippen LogP contribution in [0.25, 0.3) is 0 Å². The van der Waals surface area contributed by atoms with Gasteiger partial charge in [-0.15, -0.1) is 0 Å². The van der Waals surface area contributed by atoms with Crippen LogP contribution in [0.1, 0.15) is 84.5 Å². The monoisotopic (exact) mass is 251 g/mol. The number of nitrogens with two attached hydrogens (primary N) is 1. The first-order chi connectivity index (χ1) is 8.68. The summed E-state index contributed by atoms with van der Waals surface area (Å²) in [5.74, 6) is 2.79. The summed E-state index contributed by atoms with van der Waals surface area (Å²) in [7, 11) is 0. The fourth-order valence-electron chi connectivity index (χ4n) is 4.50. The van der Waals surface area contributed by atoms with E-state index in [0.717, 1.165) is 17.8 Å². The van der Waals surface area contributed by atoms with Gasteiger partial charge in [-0.25, -0.2) is 0 Å². The van der Waals surface area contributed by atoms with E-state index in [2.05, 4.69) is 13.8 Å². The van der Waals surface area contributed by atoms with Gasteiger partial charge in [-0.05, 0) is 56.3 Å². The molecule has 106 valence electrons. The number of hydrogen-bond donors (Lipinski definition) is 1. The van der Waals surface area contributed by atoms with Crippen molar-refractivity contribution in [3.05, 3.63) is 0 Å². The molecule has 18 heavy (non-hydrogen) atoms. The van der Waals surface area contributed by atoms with E-state index < -0.39 is 0 Å². The summed E-state index contributed by atoms with van der Waals surface area (Å²) in [5, 5.41) is 0. The summed E-state index contributed by atoms with van der Waals surface area (Å²) in [6.07, 6.45) is 15.3. The first-order valence-corrected chi connectivity index (χ1v) is 8.46. The van der Waals surface area contributed by atoms with Crippen LogP contribution in [0, 0.1) is 17.8 Å². The van der Waals surface area contributed by atoms with E-state index in [9.17, 15) is 0 Å². The fourth-order valence-corrected chi connectivity index (χ4v) is 4.50. The lowest BCUT2D eigenvalue weighted by atomic mass is 9.63. The summed E-state index contributed by atoms with van der Waals surface area (Å²) < 4.78 is 0. The third-order valence-electron chi connectivity index (χ3n) is 5.91. The molecule has 0 saturated heterocycles. The molecule has 2 rings (SSSR count). The third-order valence-corrected chi connectivity index (χ3v) is 5.91. The second-order valence-electron chi connectivity index (χ2n) is 7.10. The second-order valence-corrected chi connectivity index (χ2v) is 7.10. The molecule has 0 radical (unpaired) electrons. The molecule has 0 aliphatic heterocycles. The zero-order valence-corrected chi connectivity index (χ0v) is 12.6. The lowest BCUT2D eigenvalue weighted by Gasteiger charge is -2.46. The van der Waals surface area contributed by atoms with E-state index in [1.54, 1.807) is 0 Å². The molecule has 2 saturated carbocycles. The summed E-state index contributed by atoms with van der Waals surface area (Å²) in [6.45, 7) is 4.67. The van der Waals surface area contributed by atoms with Gasteiger partial charge in [-0.2, -0.15) is 0 Å². The Morgan fingerprint density at radius 1 is 1.00 bits per heavy atom. The molecule has 1 heteroatoms. The molecule has 0 heterocycles. The molecule has 0 spiro atoms. The van der Waals surface area contributed by atoms with Gasteiger partial charge < -0.3 is 5.73 Å². The topological polar surface area (TPSA) is 26.0 Å². The van der Waals surface area contributed by atoms with Crippen molar-refractivity contribution in [2.24, 2.45) is 23.5 Å². The molecular weight excluding hydrogens is 218 g/mol. The SMILES string of the molecule is CCCC1CCC(N)(C2CCCC(CC)C2)CC1. The van der Waals surface area contributed by atoms with Gasteiger partial charge in [-0.1, -0.05) is 46.0 Å². The van der Waals surface area contributed by atoms with E-state index in [1.165, 1.54) is 70.6 Å². The Morgan fingerprint density at radius 3 is 2.33 bits per heavy atom. The normalized spacial score (nSPS) is 41.8. The van der Waals surface area contributed by atoms with Crippen molar-refractivity contribution in [3.8, 4) is 0 Å². The first kappa shape index (κ1) is 14.4. The van der Waals surface area contributed by atoms with E-state index >= 15 is 0 Å². The second kappa shape index (κ2) is 6.41. The summed E-state index contributed by atoms with van der Waals surface area (Å²) in [4.78, 5) is 0. The van der Waals surface area contributed by atoms with Gasteiger partial charge in [0.1, 0.15) is 0 Å². The lowest BCUT2D eigenvalue weighted by Crippen LogP contribution is -2.51. The highest BCUT2D eigenvalue weighted by Crippen LogP contribution is 2.44. The van der Waals surface area contributed by atoms with Gasteiger partial charge in [0, 0.05) is 5.54 Å². The van der Waals surface area contributed by atoms with Gasteiger partial charge in [-0.3, -0.25) is 0 Å². The van der Waals surface area contributed by atoms with Crippen molar-refractivity contribution in [1.29, 1.82) is 0 Å². The average molecular weight is 251 g/mol. The highest BCUT2D eigenvalue weighted by molar-refractivity contribution is 4.97. The Morgan fingerprint density at radius 2 is 1.72 bits per heavy atom. The van der Waals surface area contributed by atoms with Crippen LogP contribution in [0.2, 0.25) is 0 Å². The molecule has 2 N–H and O–H groups in total. The van der Waals surface area contributed by atoms with Gasteiger partial charge in [0.15, 0.2) is 0 Å². The first-order valence-electron chi connectivity index (χ1n) is 8.46. The molecule has 0 aromatic carbocycles. The maximum Gasteiger partial charge on any atom is 0.0183 e. The standard InChI is InChI=1S/C17H33N/c1-3-6-15-9-11-17(18,12-10-15)16-8-5-7-14(4-2)13-16/h14-16H,3-13,18H2,1-2H3. The smallest absolute Gasteiger partial charge is 0.0183 e. The third kappa shape index (κ3) is 3.29. The summed E-state index contributed by atoms with van der Waals surface area (Å²) in [5.41, 5.74) is 7.02. The Hall–Kier alpha value is -0.0400. The minimum atomic E-state index is 0.206. The largest absolute Gasteiger partial charge is 0.325 e. The van der Waals surface area contributed by atoms with Crippen LogP contribution in [-0.4, -0.2) is 5.54 Å². The van der Waals surface area contributed by atoms with Crippen LogP contribution in [0.4, 0.5) is 0 Å². The van der Waals surface area contributed by atoms with Crippen molar-refractivity contribution in [1.82, 2.24) is 0 Å². The Kier molecular flexibility index (Phi) is 5.12. The number of hydrogen-bond acceptors (Lipinski definition) is 1. The summed E-state index contributed by atoms with van der Waals surface area (Å²) in [6, 6.07) is 0. The fraction of sp³-hybridized carbons (Fsp3) is 1.00. The Labute approximate surface area is 114 Å². The summed E-state index contributed by atoms with van der Waals surface area (Å²) >= 11 is 0.